The molecule has 1 heterocycles. The summed E-state index contributed by atoms with van der Waals surface area (Å²) in [6.07, 6.45) is 2.47. The fourth-order valence-corrected chi connectivity index (χ4v) is 1.66. The zero-order chi connectivity index (χ0) is 9.84. The molecule has 0 aliphatic carbocycles. The maximum absolute atomic E-state index is 11.1. The average molecular weight is 186 g/mol. The number of piperidine rings is 1. The first-order chi connectivity index (χ1) is 6.16. The first kappa shape index (κ1) is 9.98. The highest BCUT2D eigenvalue weighted by Gasteiger charge is 2.29. The van der Waals surface area contributed by atoms with E-state index >= 15 is 0 Å². The molecule has 1 saturated heterocycles. The summed E-state index contributed by atoms with van der Waals surface area (Å²) < 4.78 is 0. The van der Waals surface area contributed by atoms with E-state index in [9.17, 15) is 9.59 Å². The Morgan fingerprint density at radius 2 is 2.15 bits per heavy atom. The van der Waals surface area contributed by atoms with Crippen LogP contribution in [0, 0.1) is 0 Å². The van der Waals surface area contributed by atoms with Crippen LogP contribution in [-0.4, -0.2) is 34.5 Å². The highest BCUT2D eigenvalue weighted by atomic mass is 16.5. The van der Waals surface area contributed by atoms with E-state index in [1.807, 2.05) is 0 Å². The number of hydrogen-bond acceptors (Lipinski definition) is 3. The molecule has 2 N–H and O–H groups in total. The fourth-order valence-electron chi connectivity index (χ4n) is 1.66. The van der Waals surface area contributed by atoms with Crippen molar-refractivity contribution >= 4 is 11.8 Å². The van der Waals surface area contributed by atoms with Crippen LogP contribution in [0.25, 0.3) is 0 Å². The van der Waals surface area contributed by atoms with Crippen molar-refractivity contribution < 1.29 is 14.8 Å². The van der Waals surface area contributed by atoms with Gasteiger partial charge in [-0.15, -0.1) is 0 Å². The van der Waals surface area contributed by atoms with Crippen LogP contribution < -0.4 is 5.48 Å². The molecule has 5 heteroatoms. The second kappa shape index (κ2) is 4.23. The maximum atomic E-state index is 11.1. The first-order valence-corrected chi connectivity index (χ1v) is 4.38. The first-order valence-electron chi connectivity index (χ1n) is 4.38. The number of nitrogens with zero attached hydrogens (tertiary/aromatic N) is 1. The van der Waals surface area contributed by atoms with Crippen molar-refractivity contribution in [1.29, 1.82) is 0 Å². The van der Waals surface area contributed by atoms with Crippen molar-refractivity contribution in [3.05, 3.63) is 0 Å². The second-order valence-electron chi connectivity index (χ2n) is 3.20. The van der Waals surface area contributed by atoms with Crippen molar-refractivity contribution in [1.82, 2.24) is 10.4 Å². The average Bonchev–Trinajstić information content (AvgIpc) is 2.16. The molecule has 1 fully saturated rings. The highest BCUT2D eigenvalue weighted by molar-refractivity contribution is 5.86. The maximum Gasteiger partial charge on any atom is 0.266 e. The van der Waals surface area contributed by atoms with Gasteiger partial charge in [0.05, 0.1) is 0 Å². The number of hydrogen-bond donors (Lipinski definition) is 2. The molecule has 1 unspecified atom stereocenters. The molecule has 1 rings (SSSR count). The Morgan fingerprint density at radius 3 is 2.69 bits per heavy atom. The van der Waals surface area contributed by atoms with Crippen LogP contribution in [0.3, 0.4) is 0 Å². The van der Waals surface area contributed by atoms with Gasteiger partial charge in [0.25, 0.3) is 5.91 Å². The fraction of sp³-hybridized carbons (Fsp3) is 0.750. The van der Waals surface area contributed by atoms with Gasteiger partial charge in [-0.2, -0.15) is 0 Å². The van der Waals surface area contributed by atoms with Gasteiger partial charge in [-0.05, 0) is 19.3 Å². The minimum absolute atomic E-state index is 0.117. The molecule has 0 aromatic carbocycles. The molecule has 0 bridgehead atoms. The van der Waals surface area contributed by atoms with Crippen molar-refractivity contribution in [2.45, 2.75) is 32.2 Å². The molecular weight excluding hydrogens is 172 g/mol. The summed E-state index contributed by atoms with van der Waals surface area (Å²) in [4.78, 5) is 23.7. The Balaban J connectivity index is 2.67. The Hall–Kier alpha value is -1.10. The molecular formula is C8H14N2O3. The number of carbonyl (C=O) groups is 2. The minimum atomic E-state index is -0.491. The molecule has 13 heavy (non-hydrogen) atoms. The van der Waals surface area contributed by atoms with Gasteiger partial charge >= 0.3 is 0 Å². The van der Waals surface area contributed by atoms with Gasteiger partial charge in [0.1, 0.15) is 6.04 Å². The van der Waals surface area contributed by atoms with Crippen LogP contribution in [0.2, 0.25) is 0 Å². The summed E-state index contributed by atoms with van der Waals surface area (Å²) in [5.41, 5.74) is 1.59. The predicted molar refractivity (Wildman–Crippen MR) is 45.0 cm³/mol. The van der Waals surface area contributed by atoms with Crippen LogP contribution in [0.5, 0.6) is 0 Å². The van der Waals surface area contributed by atoms with Gasteiger partial charge < -0.3 is 4.90 Å². The van der Waals surface area contributed by atoms with E-state index in [2.05, 4.69) is 0 Å². The number of carbonyl (C=O) groups excluding carboxylic acids is 2. The van der Waals surface area contributed by atoms with Gasteiger partial charge in [0.15, 0.2) is 0 Å². The number of nitrogens with one attached hydrogen (secondary N) is 1. The van der Waals surface area contributed by atoms with E-state index in [0.717, 1.165) is 12.8 Å². The highest BCUT2D eigenvalue weighted by Crippen LogP contribution is 2.16. The smallest absolute Gasteiger partial charge is 0.266 e. The van der Waals surface area contributed by atoms with E-state index in [4.69, 9.17) is 5.21 Å². The molecule has 74 valence electrons. The van der Waals surface area contributed by atoms with Crippen LogP contribution in [0.4, 0.5) is 0 Å². The largest absolute Gasteiger partial charge is 0.331 e. The lowest BCUT2D eigenvalue weighted by molar-refractivity contribution is -0.145. The van der Waals surface area contributed by atoms with Gasteiger partial charge in [0.2, 0.25) is 5.91 Å². The quantitative estimate of drug-likeness (QED) is 0.443. The van der Waals surface area contributed by atoms with E-state index in [-0.39, 0.29) is 5.91 Å². The van der Waals surface area contributed by atoms with E-state index in [1.165, 1.54) is 11.8 Å². The Kier molecular flexibility index (Phi) is 3.25. The molecule has 0 spiro atoms. The molecule has 0 aromatic heterocycles. The van der Waals surface area contributed by atoms with E-state index in [0.29, 0.717) is 13.0 Å². The molecule has 5 nitrogen and oxygen atoms in total. The Bertz CT molecular complexity index is 217. The number of amides is 2. The third kappa shape index (κ3) is 2.18. The summed E-state index contributed by atoms with van der Waals surface area (Å²) in [6, 6.07) is -0.490. The lowest BCUT2D eigenvalue weighted by Crippen LogP contribution is -2.50. The Labute approximate surface area is 76.7 Å². The molecule has 0 aromatic rings. The predicted octanol–water partition coefficient (Wildman–Crippen LogP) is -0.107. The monoisotopic (exact) mass is 186 g/mol. The van der Waals surface area contributed by atoms with E-state index in [1.54, 1.807) is 5.48 Å². The van der Waals surface area contributed by atoms with Crippen LogP contribution >= 0.6 is 0 Å². The van der Waals surface area contributed by atoms with Crippen LogP contribution in [-0.2, 0) is 9.59 Å². The van der Waals surface area contributed by atoms with Gasteiger partial charge in [0, 0.05) is 13.5 Å². The van der Waals surface area contributed by atoms with Crippen molar-refractivity contribution in [2.75, 3.05) is 6.54 Å². The molecule has 1 aliphatic rings. The number of rotatable bonds is 1. The second-order valence-corrected chi connectivity index (χ2v) is 3.20. The molecule has 2 amide bonds. The zero-order valence-corrected chi connectivity index (χ0v) is 7.62. The minimum Gasteiger partial charge on any atom is -0.331 e. The summed E-state index contributed by atoms with van der Waals surface area (Å²) in [7, 11) is 0. The topological polar surface area (TPSA) is 69.6 Å². The normalized spacial score (nSPS) is 22.6. The molecule has 0 saturated carbocycles. The lowest BCUT2D eigenvalue weighted by Gasteiger charge is -2.33. The summed E-state index contributed by atoms with van der Waals surface area (Å²) in [6.45, 7) is 2.04. The SMILES string of the molecule is CC(=O)N1CCCCC1C(=O)NO. The zero-order valence-electron chi connectivity index (χ0n) is 7.62. The van der Waals surface area contributed by atoms with Gasteiger partial charge in [-0.1, -0.05) is 0 Å². The number of likely N-dealkylation sites (tertiary alicyclic amines) is 1. The van der Waals surface area contributed by atoms with E-state index < -0.39 is 11.9 Å². The van der Waals surface area contributed by atoms with Crippen LogP contribution in [0.15, 0.2) is 0 Å². The van der Waals surface area contributed by atoms with Crippen molar-refractivity contribution in [3.63, 3.8) is 0 Å². The standard InChI is InChI=1S/C8H14N2O3/c1-6(11)10-5-3-2-4-7(10)8(12)9-13/h7,13H,2-5H2,1H3,(H,9,12). The van der Waals surface area contributed by atoms with Crippen LogP contribution in [0.1, 0.15) is 26.2 Å². The third-order valence-electron chi connectivity index (χ3n) is 2.32. The van der Waals surface area contributed by atoms with Gasteiger partial charge in [-0.3, -0.25) is 14.8 Å². The molecule has 1 aliphatic heterocycles. The molecule has 1 atom stereocenters. The van der Waals surface area contributed by atoms with Crippen molar-refractivity contribution in [3.8, 4) is 0 Å². The Morgan fingerprint density at radius 1 is 1.46 bits per heavy atom. The van der Waals surface area contributed by atoms with Gasteiger partial charge in [-0.25, -0.2) is 5.48 Å². The molecule has 0 radical (unpaired) electrons. The number of hydroxylamine groups is 1. The summed E-state index contributed by atoms with van der Waals surface area (Å²) in [5.74, 6) is -0.608. The van der Waals surface area contributed by atoms with Crippen molar-refractivity contribution in [2.24, 2.45) is 0 Å². The third-order valence-corrected chi connectivity index (χ3v) is 2.32. The lowest BCUT2D eigenvalue weighted by atomic mass is 10.0. The summed E-state index contributed by atoms with van der Waals surface area (Å²) >= 11 is 0. The summed E-state index contributed by atoms with van der Waals surface area (Å²) in [5, 5.41) is 8.45.